The van der Waals surface area contributed by atoms with Crippen molar-refractivity contribution in [1.82, 2.24) is 9.78 Å². The lowest BCUT2D eigenvalue weighted by molar-refractivity contribution is -0.139. The van der Waals surface area contributed by atoms with Crippen molar-refractivity contribution >= 4 is 21.9 Å². The molecule has 1 aromatic heterocycles. The second kappa shape index (κ2) is 4.22. The Morgan fingerprint density at radius 2 is 2.07 bits per heavy atom. The van der Waals surface area contributed by atoms with Crippen molar-refractivity contribution in [2.75, 3.05) is 0 Å². The van der Waals surface area contributed by atoms with E-state index in [0.29, 0.717) is 4.60 Å². The Bertz CT molecular complexity index is 433. The van der Waals surface area contributed by atoms with Gasteiger partial charge in [-0.2, -0.15) is 0 Å². The number of aryl methyl sites for hydroxylation is 1. The third-order valence-corrected chi connectivity index (χ3v) is 3.23. The van der Waals surface area contributed by atoms with Crippen LogP contribution in [0.1, 0.15) is 25.3 Å². The van der Waals surface area contributed by atoms with Gasteiger partial charge in [0, 0.05) is 7.05 Å². The Balaban J connectivity index is 3.35. The third kappa shape index (κ3) is 2.14. The summed E-state index contributed by atoms with van der Waals surface area (Å²) in [6.07, 6.45) is 0. The van der Waals surface area contributed by atoms with Crippen molar-refractivity contribution in [2.45, 2.75) is 19.8 Å². The van der Waals surface area contributed by atoms with Gasteiger partial charge in [0.05, 0.1) is 11.5 Å². The van der Waals surface area contributed by atoms with Gasteiger partial charge in [-0.05, 0) is 21.8 Å². The maximum Gasteiger partial charge on any atom is 0.311 e. The van der Waals surface area contributed by atoms with Crippen LogP contribution in [0.25, 0.3) is 0 Å². The molecule has 1 heterocycles. The highest BCUT2D eigenvalue weighted by atomic mass is 79.9. The highest BCUT2D eigenvalue weighted by Gasteiger charge is 2.30. The summed E-state index contributed by atoms with van der Waals surface area (Å²) in [4.78, 5) is 22.6. The zero-order valence-corrected chi connectivity index (χ0v) is 10.3. The molecule has 6 heteroatoms. The lowest BCUT2D eigenvalue weighted by atomic mass is 9.90. The van der Waals surface area contributed by atoms with Gasteiger partial charge in [0.1, 0.15) is 4.60 Å². The number of H-pyrrole nitrogens is 1. The van der Waals surface area contributed by atoms with Crippen molar-refractivity contribution in [2.24, 2.45) is 13.0 Å². The summed E-state index contributed by atoms with van der Waals surface area (Å²) < 4.78 is 1.96. The van der Waals surface area contributed by atoms with E-state index in [-0.39, 0.29) is 17.0 Å². The van der Waals surface area contributed by atoms with Crippen LogP contribution in [-0.4, -0.2) is 20.9 Å². The van der Waals surface area contributed by atoms with E-state index in [0.717, 1.165) is 0 Å². The molecule has 1 rings (SSSR count). The molecule has 1 aromatic rings. The molecule has 0 fully saturated rings. The van der Waals surface area contributed by atoms with E-state index in [1.807, 2.05) is 0 Å². The first-order chi connectivity index (χ1) is 6.86. The van der Waals surface area contributed by atoms with Crippen molar-refractivity contribution < 1.29 is 9.90 Å². The van der Waals surface area contributed by atoms with Gasteiger partial charge in [-0.3, -0.25) is 19.4 Å². The fraction of sp³-hybridized carbons (Fsp3) is 0.556. The summed E-state index contributed by atoms with van der Waals surface area (Å²) in [5.74, 6) is -1.91. The monoisotopic (exact) mass is 276 g/mol. The predicted octanol–water partition coefficient (Wildman–Crippen LogP) is 1.30. The number of aliphatic carboxylic acids is 1. The number of nitrogens with one attached hydrogen (secondary N) is 1. The van der Waals surface area contributed by atoms with Crippen molar-refractivity contribution in [1.29, 1.82) is 0 Å². The number of carboxylic acids is 1. The average Bonchev–Trinajstić information content (AvgIpc) is 2.31. The molecule has 0 aliphatic rings. The molecule has 5 nitrogen and oxygen atoms in total. The molecule has 0 spiro atoms. The van der Waals surface area contributed by atoms with Crippen LogP contribution in [0, 0.1) is 5.92 Å². The lowest BCUT2D eigenvalue weighted by Gasteiger charge is -2.14. The van der Waals surface area contributed by atoms with Gasteiger partial charge in [-0.15, -0.1) is 0 Å². The van der Waals surface area contributed by atoms with Gasteiger partial charge in [0.25, 0.3) is 5.56 Å². The van der Waals surface area contributed by atoms with E-state index < -0.39 is 11.9 Å². The molecule has 84 valence electrons. The first-order valence-corrected chi connectivity index (χ1v) is 5.32. The highest BCUT2D eigenvalue weighted by molar-refractivity contribution is 9.10. The maximum atomic E-state index is 11.5. The number of nitrogens with zero attached hydrogens (tertiary/aromatic N) is 1. The Morgan fingerprint density at radius 3 is 2.33 bits per heavy atom. The second-order valence-corrected chi connectivity index (χ2v) is 4.52. The summed E-state index contributed by atoms with van der Waals surface area (Å²) in [5.41, 5.74) is -0.0783. The number of hydrogen-bond acceptors (Lipinski definition) is 2. The summed E-state index contributed by atoms with van der Waals surface area (Å²) in [7, 11) is 1.65. The SMILES string of the molecule is CC(C)C(C(=O)O)c1c(Br)n(C)[nH]c1=O. The molecular formula is C9H13BrN2O3. The molecule has 0 aliphatic heterocycles. The number of aromatic nitrogens is 2. The molecule has 0 radical (unpaired) electrons. The molecule has 1 unspecified atom stereocenters. The minimum Gasteiger partial charge on any atom is -0.481 e. The number of carboxylic acid groups (broad SMARTS) is 1. The van der Waals surface area contributed by atoms with Crippen LogP contribution >= 0.6 is 15.9 Å². The van der Waals surface area contributed by atoms with Crippen LogP contribution in [0.4, 0.5) is 0 Å². The third-order valence-electron chi connectivity index (χ3n) is 2.27. The number of hydrogen-bond donors (Lipinski definition) is 2. The van der Waals surface area contributed by atoms with Crippen molar-refractivity contribution in [3.63, 3.8) is 0 Å². The largest absolute Gasteiger partial charge is 0.481 e. The minimum absolute atomic E-state index is 0.137. The molecule has 2 N–H and O–H groups in total. The zero-order valence-electron chi connectivity index (χ0n) is 8.74. The lowest BCUT2D eigenvalue weighted by Crippen LogP contribution is -2.23. The van der Waals surface area contributed by atoms with Gasteiger partial charge in [-0.25, -0.2) is 0 Å². The topological polar surface area (TPSA) is 75.1 Å². The minimum atomic E-state index is -0.984. The van der Waals surface area contributed by atoms with E-state index in [1.165, 1.54) is 4.68 Å². The van der Waals surface area contributed by atoms with Gasteiger partial charge >= 0.3 is 5.97 Å². The van der Waals surface area contributed by atoms with E-state index in [2.05, 4.69) is 21.0 Å². The van der Waals surface area contributed by atoms with Crippen molar-refractivity contribution in [3.8, 4) is 0 Å². The number of halogens is 1. The summed E-state index contributed by atoms with van der Waals surface area (Å²) in [5, 5.41) is 11.6. The molecule has 0 saturated heterocycles. The Morgan fingerprint density at radius 1 is 1.53 bits per heavy atom. The first-order valence-electron chi connectivity index (χ1n) is 4.53. The standard InChI is InChI=1S/C9H13BrN2O3/c1-4(2)5(9(14)15)6-7(10)12(3)11-8(6)13/h4-5H,1-3H3,(H,11,13)(H,14,15). The van der Waals surface area contributed by atoms with Crippen LogP contribution in [-0.2, 0) is 11.8 Å². The van der Waals surface area contributed by atoms with Gasteiger partial charge in [-0.1, -0.05) is 13.8 Å². The summed E-state index contributed by atoms with van der Waals surface area (Å²) >= 11 is 3.21. The van der Waals surface area contributed by atoms with Crippen LogP contribution < -0.4 is 5.56 Å². The normalized spacial score (nSPS) is 13.1. The van der Waals surface area contributed by atoms with Crippen LogP contribution in [0.15, 0.2) is 9.40 Å². The zero-order chi connectivity index (χ0) is 11.7. The summed E-state index contributed by atoms with van der Waals surface area (Å²) in [6.45, 7) is 3.55. The average molecular weight is 277 g/mol. The number of rotatable bonds is 3. The molecule has 0 saturated carbocycles. The number of carbonyl (C=O) groups is 1. The molecule has 0 bridgehead atoms. The fourth-order valence-electron chi connectivity index (χ4n) is 1.55. The quantitative estimate of drug-likeness (QED) is 0.874. The molecule has 15 heavy (non-hydrogen) atoms. The maximum absolute atomic E-state index is 11.5. The van der Waals surface area contributed by atoms with Crippen LogP contribution in [0.5, 0.6) is 0 Å². The predicted molar refractivity (Wildman–Crippen MR) is 58.9 cm³/mol. The highest BCUT2D eigenvalue weighted by Crippen LogP contribution is 2.27. The molecule has 0 aliphatic carbocycles. The Hall–Kier alpha value is -1.04. The van der Waals surface area contributed by atoms with Crippen LogP contribution in [0.3, 0.4) is 0 Å². The number of aromatic amines is 1. The van der Waals surface area contributed by atoms with E-state index in [1.54, 1.807) is 20.9 Å². The second-order valence-electron chi connectivity index (χ2n) is 3.76. The Labute approximate surface area is 95.2 Å². The van der Waals surface area contributed by atoms with Gasteiger partial charge in [0.15, 0.2) is 0 Å². The molecule has 0 amide bonds. The molecular weight excluding hydrogens is 264 g/mol. The van der Waals surface area contributed by atoms with Crippen LogP contribution in [0.2, 0.25) is 0 Å². The van der Waals surface area contributed by atoms with Gasteiger partial charge in [0.2, 0.25) is 0 Å². The van der Waals surface area contributed by atoms with E-state index >= 15 is 0 Å². The molecule has 1 atom stereocenters. The van der Waals surface area contributed by atoms with Crippen molar-refractivity contribution in [3.05, 3.63) is 20.5 Å². The Kier molecular flexibility index (Phi) is 3.38. The van der Waals surface area contributed by atoms with Gasteiger partial charge < -0.3 is 5.11 Å². The van der Waals surface area contributed by atoms with E-state index in [4.69, 9.17) is 5.11 Å². The first kappa shape index (κ1) is 12.0. The summed E-state index contributed by atoms with van der Waals surface area (Å²) in [6, 6.07) is 0. The fourth-order valence-corrected chi connectivity index (χ4v) is 2.06. The van der Waals surface area contributed by atoms with E-state index in [9.17, 15) is 9.59 Å². The smallest absolute Gasteiger partial charge is 0.311 e. The molecule has 0 aromatic carbocycles.